The molecule has 0 radical (unpaired) electrons. The van der Waals surface area contributed by atoms with Gasteiger partial charge < -0.3 is 18.9 Å². The van der Waals surface area contributed by atoms with Gasteiger partial charge in [-0.3, -0.25) is 4.79 Å². The van der Waals surface area contributed by atoms with E-state index in [1.807, 2.05) is 7.05 Å². The highest BCUT2D eigenvalue weighted by Crippen LogP contribution is 2.28. The molecule has 1 fully saturated rings. The number of carbonyl (C=O) groups is 1. The third-order valence-electron chi connectivity index (χ3n) is 3.86. The number of hydrogen-bond acceptors (Lipinski definition) is 6. The second-order valence-corrected chi connectivity index (χ2v) is 7.39. The number of rotatable bonds is 6. The number of ether oxygens (including phenoxy) is 2. The lowest BCUT2D eigenvalue weighted by Crippen LogP contribution is -2.41. The maximum atomic E-state index is 12.2. The van der Waals surface area contributed by atoms with Crippen molar-refractivity contribution in [1.82, 2.24) is 19.7 Å². The van der Waals surface area contributed by atoms with E-state index in [1.54, 1.807) is 27.7 Å². The molecule has 0 spiro atoms. The van der Waals surface area contributed by atoms with E-state index in [9.17, 15) is 4.79 Å². The zero-order chi connectivity index (χ0) is 18.5. The maximum absolute atomic E-state index is 12.2. The van der Waals surface area contributed by atoms with E-state index in [2.05, 4.69) is 10.2 Å². The monoisotopic (exact) mass is 416 g/mol. The lowest BCUT2D eigenvalue weighted by Gasteiger charge is -2.26. The van der Waals surface area contributed by atoms with Gasteiger partial charge in [0.1, 0.15) is 12.4 Å². The summed E-state index contributed by atoms with van der Waals surface area (Å²) in [5, 5.41) is 9.89. The Bertz CT molecular complexity index is 781. The van der Waals surface area contributed by atoms with Gasteiger partial charge in [-0.1, -0.05) is 35.0 Å². The number of amides is 1. The summed E-state index contributed by atoms with van der Waals surface area (Å²) in [6.45, 7) is 2.67. The largest absolute Gasteiger partial charge is 0.484 e. The third kappa shape index (κ3) is 4.82. The van der Waals surface area contributed by atoms with Crippen LogP contribution in [0.5, 0.6) is 5.75 Å². The summed E-state index contributed by atoms with van der Waals surface area (Å²) in [4.78, 5) is 14.0. The maximum Gasteiger partial charge on any atom is 0.233 e. The van der Waals surface area contributed by atoms with E-state index < -0.39 is 0 Å². The molecule has 1 amide bonds. The molecule has 1 saturated heterocycles. The van der Waals surface area contributed by atoms with Gasteiger partial charge in [0.05, 0.1) is 24.0 Å². The Morgan fingerprint density at radius 2 is 2.08 bits per heavy atom. The molecule has 0 atom stereocenters. The Labute approximate surface area is 165 Å². The summed E-state index contributed by atoms with van der Waals surface area (Å²) in [6.07, 6.45) is 0. The van der Waals surface area contributed by atoms with E-state index in [0.29, 0.717) is 58.8 Å². The van der Waals surface area contributed by atoms with Gasteiger partial charge >= 0.3 is 0 Å². The molecule has 1 aliphatic heterocycles. The third-order valence-corrected chi connectivity index (χ3v) is 5.40. The van der Waals surface area contributed by atoms with Gasteiger partial charge in [-0.25, -0.2) is 0 Å². The van der Waals surface area contributed by atoms with Crippen molar-refractivity contribution in [3.05, 3.63) is 34.1 Å². The average Bonchev–Trinajstić information content (AvgIpc) is 2.99. The van der Waals surface area contributed by atoms with E-state index in [0.717, 1.165) is 0 Å². The van der Waals surface area contributed by atoms with Crippen LogP contribution in [0.4, 0.5) is 0 Å². The van der Waals surface area contributed by atoms with Gasteiger partial charge in [0, 0.05) is 25.2 Å². The summed E-state index contributed by atoms with van der Waals surface area (Å²) >= 11 is 13.3. The summed E-state index contributed by atoms with van der Waals surface area (Å²) < 4.78 is 12.7. The highest BCUT2D eigenvalue weighted by atomic mass is 35.5. The molecule has 3 rings (SSSR count). The summed E-state index contributed by atoms with van der Waals surface area (Å²) in [5.41, 5.74) is 0. The number of halogens is 2. The second kappa shape index (κ2) is 8.94. The molecular formula is C16H18Cl2N4O3S. The Morgan fingerprint density at radius 1 is 1.31 bits per heavy atom. The number of morpholine rings is 1. The van der Waals surface area contributed by atoms with Gasteiger partial charge in [-0.05, 0) is 18.2 Å². The Balaban J connectivity index is 1.54. The Hall–Kier alpha value is -1.48. The molecule has 2 heterocycles. The van der Waals surface area contributed by atoms with Crippen LogP contribution >= 0.6 is 35.0 Å². The fraction of sp³-hybridized carbons (Fsp3) is 0.438. The number of carbonyl (C=O) groups excluding carboxylic acids is 1. The van der Waals surface area contributed by atoms with Crippen molar-refractivity contribution in [3.63, 3.8) is 0 Å². The highest BCUT2D eigenvalue weighted by molar-refractivity contribution is 7.99. The topological polar surface area (TPSA) is 69.5 Å². The van der Waals surface area contributed by atoms with Crippen LogP contribution in [0.25, 0.3) is 0 Å². The first-order valence-electron chi connectivity index (χ1n) is 7.99. The van der Waals surface area contributed by atoms with Crippen molar-refractivity contribution in [1.29, 1.82) is 0 Å². The highest BCUT2D eigenvalue weighted by Gasteiger charge is 2.18. The van der Waals surface area contributed by atoms with Crippen molar-refractivity contribution in [2.45, 2.75) is 11.8 Å². The van der Waals surface area contributed by atoms with Crippen LogP contribution in [-0.4, -0.2) is 57.6 Å². The van der Waals surface area contributed by atoms with Crippen LogP contribution in [-0.2, 0) is 23.2 Å². The molecule has 1 aromatic carbocycles. The fourth-order valence-electron chi connectivity index (χ4n) is 2.36. The van der Waals surface area contributed by atoms with Gasteiger partial charge in [0.15, 0.2) is 11.0 Å². The van der Waals surface area contributed by atoms with Crippen LogP contribution in [0, 0.1) is 0 Å². The molecule has 7 nitrogen and oxygen atoms in total. The molecule has 1 aromatic heterocycles. The summed E-state index contributed by atoms with van der Waals surface area (Å²) in [7, 11) is 1.84. The lowest BCUT2D eigenvalue weighted by molar-refractivity contribution is -0.132. The predicted molar refractivity (Wildman–Crippen MR) is 99.9 cm³/mol. The van der Waals surface area contributed by atoms with Crippen molar-refractivity contribution in [2.75, 3.05) is 32.1 Å². The number of benzene rings is 1. The van der Waals surface area contributed by atoms with Crippen LogP contribution in [0.2, 0.25) is 10.0 Å². The van der Waals surface area contributed by atoms with Gasteiger partial charge in [-0.2, -0.15) is 0 Å². The van der Waals surface area contributed by atoms with Gasteiger partial charge in [0.25, 0.3) is 0 Å². The molecular weight excluding hydrogens is 399 g/mol. The smallest absolute Gasteiger partial charge is 0.233 e. The number of thioether (sulfide) groups is 1. The van der Waals surface area contributed by atoms with Crippen molar-refractivity contribution in [3.8, 4) is 5.75 Å². The molecule has 140 valence electrons. The second-order valence-electron chi connectivity index (χ2n) is 5.60. The SMILES string of the molecule is Cn1c(COc2ccc(Cl)cc2Cl)nnc1SCC(=O)N1CCOCC1. The fourth-order valence-corrected chi connectivity index (χ4v) is 3.66. The van der Waals surface area contributed by atoms with Crippen molar-refractivity contribution >= 4 is 40.9 Å². The Morgan fingerprint density at radius 3 is 2.81 bits per heavy atom. The molecule has 0 unspecified atom stereocenters. The first-order chi connectivity index (χ1) is 12.5. The van der Waals surface area contributed by atoms with E-state index in [-0.39, 0.29) is 12.5 Å². The van der Waals surface area contributed by atoms with Crippen LogP contribution < -0.4 is 4.74 Å². The van der Waals surface area contributed by atoms with E-state index >= 15 is 0 Å². The van der Waals surface area contributed by atoms with E-state index in [4.69, 9.17) is 32.7 Å². The minimum Gasteiger partial charge on any atom is -0.484 e. The summed E-state index contributed by atoms with van der Waals surface area (Å²) in [5.74, 6) is 1.55. The summed E-state index contributed by atoms with van der Waals surface area (Å²) in [6, 6.07) is 5.03. The number of nitrogens with zero attached hydrogens (tertiary/aromatic N) is 4. The predicted octanol–water partition coefficient (Wildman–Crippen LogP) is 2.65. The molecule has 0 bridgehead atoms. The van der Waals surface area contributed by atoms with Crippen molar-refractivity contribution < 1.29 is 14.3 Å². The standard InChI is InChI=1S/C16H18Cl2N4O3S/c1-21-14(9-25-13-3-2-11(17)8-12(13)18)19-20-16(21)26-10-15(23)22-4-6-24-7-5-22/h2-3,8H,4-7,9-10H2,1H3. The first kappa shape index (κ1) is 19.3. The minimum absolute atomic E-state index is 0.0760. The number of hydrogen-bond donors (Lipinski definition) is 0. The van der Waals surface area contributed by atoms with Crippen LogP contribution in [0.15, 0.2) is 23.4 Å². The molecule has 0 N–H and O–H groups in total. The number of aromatic nitrogens is 3. The minimum atomic E-state index is 0.0760. The van der Waals surface area contributed by atoms with Crippen molar-refractivity contribution in [2.24, 2.45) is 7.05 Å². The molecule has 26 heavy (non-hydrogen) atoms. The molecule has 1 aliphatic rings. The van der Waals surface area contributed by atoms with Gasteiger partial charge in [-0.15, -0.1) is 10.2 Å². The normalized spacial score (nSPS) is 14.5. The lowest BCUT2D eigenvalue weighted by atomic mass is 10.3. The zero-order valence-corrected chi connectivity index (χ0v) is 16.5. The average molecular weight is 417 g/mol. The van der Waals surface area contributed by atoms with E-state index in [1.165, 1.54) is 11.8 Å². The molecule has 2 aromatic rings. The molecule has 0 saturated carbocycles. The first-order valence-corrected chi connectivity index (χ1v) is 9.73. The Kier molecular flexibility index (Phi) is 6.63. The zero-order valence-electron chi connectivity index (χ0n) is 14.2. The molecule has 10 heteroatoms. The van der Waals surface area contributed by atoms with Gasteiger partial charge in [0.2, 0.25) is 5.91 Å². The van der Waals surface area contributed by atoms with Crippen LogP contribution in [0.1, 0.15) is 5.82 Å². The van der Waals surface area contributed by atoms with Crippen LogP contribution in [0.3, 0.4) is 0 Å². The molecule has 0 aliphatic carbocycles. The quantitative estimate of drug-likeness (QED) is 0.674.